The molecule has 1 saturated heterocycles. The fraction of sp³-hybridized carbons (Fsp3) is 0.368. The minimum atomic E-state index is -3.96. The predicted molar refractivity (Wildman–Crippen MR) is 106 cm³/mol. The molecule has 0 radical (unpaired) electrons. The van der Waals surface area contributed by atoms with Crippen LogP contribution in [0.5, 0.6) is 11.5 Å². The maximum Gasteiger partial charge on any atom is 0.183 e. The van der Waals surface area contributed by atoms with Gasteiger partial charge in [0.25, 0.3) is 0 Å². The van der Waals surface area contributed by atoms with Crippen LogP contribution in [-0.4, -0.2) is 53.9 Å². The van der Waals surface area contributed by atoms with E-state index in [1.807, 2.05) is 0 Å². The summed E-state index contributed by atoms with van der Waals surface area (Å²) in [7, 11) is -4.47. The van der Waals surface area contributed by atoms with Crippen molar-refractivity contribution in [2.24, 2.45) is 0 Å². The molecule has 1 fully saturated rings. The summed E-state index contributed by atoms with van der Waals surface area (Å²) in [4.78, 5) is -0.0982. The summed E-state index contributed by atoms with van der Waals surface area (Å²) < 4.78 is 73.9. The molecule has 10 heteroatoms. The zero-order valence-corrected chi connectivity index (χ0v) is 17.6. The first-order valence-electron chi connectivity index (χ1n) is 8.80. The van der Waals surface area contributed by atoms with Crippen LogP contribution in [-0.2, 0) is 26.2 Å². The smallest absolute Gasteiger partial charge is 0.183 e. The lowest BCUT2D eigenvalue weighted by Crippen LogP contribution is -2.43. The van der Waals surface area contributed by atoms with E-state index in [9.17, 15) is 21.2 Å². The molecule has 3 rings (SSSR count). The SMILES string of the molecule is COc1ccc(CN[C@H]2CS(=O)(=O)C[C@@H]2S(=O)(=O)c2ccc(F)cc2)cc1OC. The molecule has 158 valence electrons. The summed E-state index contributed by atoms with van der Waals surface area (Å²) in [5, 5.41) is 1.90. The van der Waals surface area contributed by atoms with E-state index in [1.165, 1.54) is 14.2 Å². The van der Waals surface area contributed by atoms with Gasteiger partial charge in [0.15, 0.2) is 31.2 Å². The van der Waals surface area contributed by atoms with Crippen molar-refractivity contribution >= 4 is 19.7 Å². The van der Waals surface area contributed by atoms with Gasteiger partial charge < -0.3 is 14.8 Å². The number of ether oxygens (including phenoxy) is 2. The van der Waals surface area contributed by atoms with Crippen LogP contribution in [0, 0.1) is 5.82 Å². The molecule has 7 nitrogen and oxygen atoms in total. The zero-order chi connectivity index (χ0) is 21.2. The second-order valence-corrected chi connectivity index (χ2v) is 11.1. The van der Waals surface area contributed by atoms with Crippen molar-refractivity contribution in [3.63, 3.8) is 0 Å². The molecule has 1 aliphatic rings. The van der Waals surface area contributed by atoms with Gasteiger partial charge in [0, 0.05) is 12.6 Å². The lowest BCUT2D eigenvalue weighted by atomic mass is 10.1. The Morgan fingerprint density at radius 1 is 1.03 bits per heavy atom. The summed E-state index contributed by atoms with van der Waals surface area (Å²) in [6, 6.07) is 8.84. The van der Waals surface area contributed by atoms with Crippen molar-refractivity contribution in [2.45, 2.75) is 22.7 Å². The van der Waals surface area contributed by atoms with Crippen molar-refractivity contribution in [3.05, 3.63) is 53.8 Å². The highest BCUT2D eigenvalue weighted by Gasteiger charge is 2.45. The Hall–Kier alpha value is -2.17. The van der Waals surface area contributed by atoms with Crippen LogP contribution < -0.4 is 14.8 Å². The average Bonchev–Trinajstić information content (AvgIpc) is 3.01. The van der Waals surface area contributed by atoms with Crippen molar-refractivity contribution in [1.29, 1.82) is 0 Å². The maximum absolute atomic E-state index is 13.2. The minimum absolute atomic E-state index is 0.0982. The fourth-order valence-corrected chi connectivity index (χ4v) is 8.07. The second kappa shape index (κ2) is 8.29. The second-order valence-electron chi connectivity index (χ2n) is 6.79. The van der Waals surface area contributed by atoms with E-state index in [1.54, 1.807) is 18.2 Å². The lowest BCUT2D eigenvalue weighted by Gasteiger charge is -2.20. The molecule has 0 unspecified atom stereocenters. The Kier molecular flexibility index (Phi) is 6.16. The van der Waals surface area contributed by atoms with Crippen molar-refractivity contribution in [3.8, 4) is 11.5 Å². The van der Waals surface area contributed by atoms with Gasteiger partial charge in [-0.15, -0.1) is 0 Å². The normalized spacial score (nSPS) is 21.1. The van der Waals surface area contributed by atoms with E-state index < -0.39 is 42.5 Å². The molecular weight excluding hydrogens is 421 g/mol. The van der Waals surface area contributed by atoms with E-state index in [0.29, 0.717) is 11.5 Å². The maximum atomic E-state index is 13.2. The summed E-state index contributed by atoms with van der Waals surface area (Å²) in [5.74, 6) is -0.259. The van der Waals surface area contributed by atoms with Gasteiger partial charge in [-0.05, 0) is 42.0 Å². The monoisotopic (exact) mass is 443 g/mol. The Morgan fingerprint density at radius 2 is 1.69 bits per heavy atom. The van der Waals surface area contributed by atoms with Crippen molar-refractivity contribution in [2.75, 3.05) is 25.7 Å². The first kappa shape index (κ1) is 21.5. The molecule has 2 aromatic rings. The van der Waals surface area contributed by atoms with Gasteiger partial charge in [0.2, 0.25) is 0 Å². The third-order valence-electron chi connectivity index (χ3n) is 4.86. The van der Waals surface area contributed by atoms with Gasteiger partial charge in [0.05, 0.1) is 35.9 Å². The average molecular weight is 444 g/mol. The van der Waals surface area contributed by atoms with Gasteiger partial charge in [-0.25, -0.2) is 21.2 Å². The Bertz CT molecular complexity index is 1080. The Labute approximate surface area is 169 Å². The molecule has 2 aromatic carbocycles. The standard InChI is InChI=1S/C19H22FNO6S2/c1-26-17-8-3-13(9-18(17)27-2)10-21-16-11-28(22,23)12-19(16)29(24,25)15-6-4-14(20)5-7-15/h3-9,16,19,21H,10-12H2,1-2H3/t16-,19-/m0/s1. The van der Waals surface area contributed by atoms with Crippen LogP contribution in [0.3, 0.4) is 0 Å². The third-order valence-corrected chi connectivity index (χ3v) is 9.02. The van der Waals surface area contributed by atoms with E-state index in [4.69, 9.17) is 9.47 Å². The highest BCUT2D eigenvalue weighted by Crippen LogP contribution is 2.29. The summed E-state index contributed by atoms with van der Waals surface area (Å²) in [6.45, 7) is 0.246. The van der Waals surface area contributed by atoms with Gasteiger partial charge in [-0.3, -0.25) is 0 Å². The number of methoxy groups -OCH3 is 2. The molecule has 2 atom stereocenters. The number of hydrogen-bond donors (Lipinski definition) is 1. The highest BCUT2D eigenvalue weighted by atomic mass is 32.2. The summed E-state index contributed by atoms with van der Waals surface area (Å²) in [6.07, 6.45) is 0. The highest BCUT2D eigenvalue weighted by molar-refractivity contribution is 7.96. The van der Waals surface area contributed by atoms with Crippen molar-refractivity contribution in [1.82, 2.24) is 5.32 Å². The van der Waals surface area contributed by atoms with E-state index in [0.717, 1.165) is 29.8 Å². The van der Waals surface area contributed by atoms with E-state index >= 15 is 0 Å². The molecule has 29 heavy (non-hydrogen) atoms. The van der Waals surface area contributed by atoms with Gasteiger partial charge in [0.1, 0.15) is 5.82 Å². The van der Waals surface area contributed by atoms with Crippen molar-refractivity contribution < 1.29 is 30.7 Å². The predicted octanol–water partition coefficient (Wildman–Crippen LogP) is 1.57. The summed E-state index contributed by atoms with van der Waals surface area (Å²) >= 11 is 0. The molecule has 0 amide bonds. The topological polar surface area (TPSA) is 98.8 Å². The van der Waals surface area contributed by atoms with Gasteiger partial charge in [-0.2, -0.15) is 0 Å². The molecule has 0 aromatic heterocycles. The first-order valence-corrected chi connectivity index (χ1v) is 12.2. The van der Waals surface area contributed by atoms with Crippen LogP contribution in [0.2, 0.25) is 0 Å². The fourth-order valence-electron chi connectivity index (χ4n) is 3.35. The molecule has 1 aliphatic heterocycles. The van der Waals surface area contributed by atoms with Gasteiger partial charge in [-0.1, -0.05) is 6.07 Å². The van der Waals surface area contributed by atoms with Gasteiger partial charge >= 0.3 is 0 Å². The molecule has 1 heterocycles. The first-order chi connectivity index (χ1) is 13.7. The minimum Gasteiger partial charge on any atom is -0.493 e. The van der Waals surface area contributed by atoms with E-state index in [-0.39, 0.29) is 17.2 Å². The lowest BCUT2D eigenvalue weighted by molar-refractivity contribution is 0.354. The Morgan fingerprint density at radius 3 is 2.31 bits per heavy atom. The van der Waals surface area contributed by atoms with Crippen LogP contribution in [0.1, 0.15) is 5.56 Å². The van der Waals surface area contributed by atoms with Crippen LogP contribution in [0.25, 0.3) is 0 Å². The summed E-state index contributed by atoms with van der Waals surface area (Å²) in [5.41, 5.74) is 0.782. The van der Waals surface area contributed by atoms with E-state index in [2.05, 4.69) is 5.32 Å². The molecule has 0 spiro atoms. The van der Waals surface area contributed by atoms with Crippen LogP contribution >= 0.6 is 0 Å². The Balaban J connectivity index is 1.83. The number of benzene rings is 2. The largest absolute Gasteiger partial charge is 0.493 e. The third kappa shape index (κ3) is 4.71. The number of sulfone groups is 2. The quantitative estimate of drug-likeness (QED) is 0.649. The number of rotatable bonds is 7. The van der Waals surface area contributed by atoms with Crippen LogP contribution in [0.15, 0.2) is 47.4 Å². The molecular formula is C19H22FNO6S2. The number of nitrogens with one attached hydrogen (secondary N) is 1. The van der Waals surface area contributed by atoms with Crippen LogP contribution in [0.4, 0.5) is 4.39 Å². The molecule has 0 aliphatic carbocycles. The number of halogens is 1. The molecule has 0 bridgehead atoms. The molecule has 0 saturated carbocycles. The number of hydrogen-bond acceptors (Lipinski definition) is 7. The zero-order valence-electron chi connectivity index (χ0n) is 16.0. The molecule has 1 N–H and O–H groups in total.